The van der Waals surface area contributed by atoms with E-state index in [0.717, 1.165) is 25.7 Å². The highest BCUT2D eigenvalue weighted by Gasteiger charge is 2.25. The summed E-state index contributed by atoms with van der Waals surface area (Å²) >= 11 is 0. The Hall–Kier alpha value is -0.170. The minimum atomic E-state index is -3.34. The fraction of sp³-hybridized carbons (Fsp3) is 1.00. The third-order valence-corrected chi connectivity index (χ3v) is 3.74. The molecule has 84 valence electrons. The predicted octanol–water partition coefficient (Wildman–Crippen LogP) is -0.300. The molecule has 0 saturated heterocycles. The minimum Gasteiger partial charge on any atom is -0.326 e. The number of nitrogens with two attached hydrogens (primary N) is 1. The van der Waals surface area contributed by atoms with Crippen LogP contribution in [0, 0.1) is 0 Å². The Labute approximate surface area is 85.6 Å². The summed E-state index contributed by atoms with van der Waals surface area (Å²) in [6.45, 7) is 2.15. The van der Waals surface area contributed by atoms with Crippen molar-refractivity contribution < 1.29 is 8.42 Å². The zero-order valence-electron chi connectivity index (χ0n) is 8.49. The molecule has 0 amide bonds. The van der Waals surface area contributed by atoms with Crippen LogP contribution in [0.15, 0.2) is 0 Å². The summed E-state index contributed by atoms with van der Waals surface area (Å²) in [4.78, 5) is 0. The highest BCUT2D eigenvalue weighted by molar-refractivity contribution is 7.87. The van der Waals surface area contributed by atoms with Gasteiger partial charge in [-0.2, -0.15) is 13.1 Å². The van der Waals surface area contributed by atoms with Gasteiger partial charge in [-0.3, -0.25) is 0 Å². The van der Waals surface area contributed by atoms with Crippen molar-refractivity contribution in [2.45, 2.75) is 44.7 Å². The van der Waals surface area contributed by atoms with Gasteiger partial charge in [0, 0.05) is 18.6 Å². The molecule has 0 aromatic carbocycles. The topological polar surface area (TPSA) is 84.2 Å². The first kappa shape index (κ1) is 11.9. The number of nitrogens with one attached hydrogen (secondary N) is 2. The van der Waals surface area contributed by atoms with Crippen LogP contribution in [0.1, 0.15) is 32.6 Å². The molecular formula is C8H19N3O2S. The average Bonchev–Trinajstić information content (AvgIpc) is 2.08. The molecule has 14 heavy (non-hydrogen) atoms. The molecule has 1 fully saturated rings. The van der Waals surface area contributed by atoms with Gasteiger partial charge in [-0.25, -0.2) is 4.72 Å². The number of rotatable bonds is 4. The van der Waals surface area contributed by atoms with E-state index in [4.69, 9.17) is 5.73 Å². The molecule has 0 aromatic heterocycles. The van der Waals surface area contributed by atoms with Gasteiger partial charge in [0.1, 0.15) is 0 Å². The average molecular weight is 221 g/mol. The van der Waals surface area contributed by atoms with Gasteiger partial charge in [-0.1, -0.05) is 19.8 Å². The smallest absolute Gasteiger partial charge is 0.277 e. The predicted molar refractivity (Wildman–Crippen MR) is 56.0 cm³/mol. The molecular weight excluding hydrogens is 202 g/mol. The molecule has 0 aromatic rings. The maximum atomic E-state index is 11.4. The first-order valence-electron chi connectivity index (χ1n) is 5.07. The molecule has 5 nitrogen and oxygen atoms in total. The Morgan fingerprint density at radius 2 is 2.00 bits per heavy atom. The van der Waals surface area contributed by atoms with Gasteiger partial charge in [0.15, 0.2) is 0 Å². The highest BCUT2D eigenvalue weighted by Crippen LogP contribution is 2.17. The second-order valence-electron chi connectivity index (χ2n) is 3.67. The monoisotopic (exact) mass is 221 g/mol. The molecule has 6 heteroatoms. The zero-order chi connectivity index (χ0) is 10.6. The molecule has 0 spiro atoms. The van der Waals surface area contributed by atoms with Gasteiger partial charge in [-0.15, -0.1) is 0 Å². The Balaban J connectivity index is 2.49. The van der Waals surface area contributed by atoms with Crippen molar-refractivity contribution in [3.63, 3.8) is 0 Å². The largest absolute Gasteiger partial charge is 0.326 e. The normalized spacial score (nSPS) is 29.0. The van der Waals surface area contributed by atoms with E-state index in [1.54, 1.807) is 6.92 Å². The van der Waals surface area contributed by atoms with Gasteiger partial charge >= 0.3 is 0 Å². The van der Waals surface area contributed by atoms with E-state index in [0.29, 0.717) is 6.54 Å². The molecule has 1 saturated carbocycles. The molecule has 0 unspecified atom stereocenters. The number of hydrogen-bond donors (Lipinski definition) is 3. The first-order valence-corrected chi connectivity index (χ1v) is 6.56. The Bertz CT molecular complexity index is 266. The van der Waals surface area contributed by atoms with Crippen LogP contribution in [-0.2, 0) is 10.2 Å². The molecule has 2 atom stereocenters. The lowest BCUT2D eigenvalue weighted by atomic mass is 9.92. The van der Waals surface area contributed by atoms with E-state index in [1.807, 2.05) is 0 Å². The second kappa shape index (κ2) is 5.06. The van der Waals surface area contributed by atoms with Crippen LogP contribution in [0.3, 0.4) is 0 Å². The Morgan fingerprint density at radius 3 is 2.57 bits per heavy atom. The molecule has 0 radical (unpaired) electrons. The van der Waals surface area contributed by atoms with Gasteiger partial charge in [0.05, 0.1) is 0 Å². The lowest BCUT2D eigenvalue weighted by molar-refractivity contribution is 0.360. The van der Waals surface area contributed by atoms with Crippen molar-refractivity contribution in [1.29, 1.82) is 0 Å². The van der Waals surface area contributed by atoms with Crippen LogP contribution in [0.4, 0.5) is 0 Å². The van der Waals surface area contributed by atoms with E-state index in [1.165, 1.54) is 0 Å². The van der Waals surface area contributed by atoms with E-state index < -0.39 is 10.2 Å². The van der Waals surface area contributed by atoms with Crippen LogP contribution < -0.4 is 15.2 Å². The molecule has 0 heterocycles. The molecule has 0 bridgehead atoms. The van der Waals surface area contributed by atoms with Crippen molar-refractivity contribution in [1.82, 2.24) is 9.44 Å². The highest BCUT2D eigenvalue weighted by atomic mass is 32.2. The van der Waals surface area contributed by atoms with E-state index in [2.05, 4.69) is 9.44 Å². The quantitative estimate of drug-likeness (QED) is 0.609. The summed E-state index contributed by atoms with van der Waals surface area (Å²) in [6, 6.07) is -0.148. The maximum Gasteiger partial charge on any atom is 0.277 e. The maximum absolute atomic E-state index is 11.4. The molecule has 1 aliphatic rings. The summed E-state index contributed by atoms with van der Waals surface area (Å²) in [6.07, 6.45) is 3.89. The van der Waals surface area contributed by atoms with Crippen molar-refractivity contribution >= 4 is 10.2 Å². The molecule has 4 N–H and O–H groups in total. The van der Waals surface area contributed by atoms with Gasteiger partial charge in [-0.05, 0) is 12.8 Å². The van der Waals surface area contributed by atoms with Crippen LogP contribution in [-0.4, -0.2) is 27.0 Å². The Kier molecular flexibility index (Phi) is 4.31. The van der Waals surface area contributed by atoms with Crippen LogP contribution in [0.25, 0.3) is 0 Å². The lowest BCUT2D eigenvalue weighted by Crippen LogP contribution is -2.52. The van der Waals surface area contributed by atoms with Crippen molar-refractivity contribution in [2.24, 2.45) is 5.73 Å². The fourth-order valence-electron chi connectivity index (χ4n) is 1.74. The molecule has 1 aliphatic carbocycles. The first-order chi connectivity index (χ1) is 6.55. The van der Waals surface area contributed by atoms with Crippen molar-refractivity contribution in [3.05, 3.63) is 0 Å². The Morgan fingerprint density at radius 1 is 1.36 bits per heavy atom. The van der Waals surface area contributed by atoms with Gasteiger partial charge in [0.25, 0.3) is 10.2 Å². The lowest BCUT2D eigenvalue weighted by Gasteiger charge is -2.28. The summed E-state index contributed by atoms with van der Waals surface area (Å²) in [5.74, 6) is 0. The summed E-state index contributed by atoms with van der Waals surface area (Å²) in [5.41, 5.74) is 5.83. The van der Waals surface area contributed by atoms with E-state index in [9.17, 15) is 8.42 Å². The molecule has 0 aliphatic heterocycles. The third-order valence-electron chi connectivity index (χ3n) is 2.46. The summed E-state index contributed by atoms with van der Waals surface area (Å²) in [7, 11) is -3.34. The number of hydrogen-bond acceptors (Lipinski definition) is 3. The fourth-order valence-corrected chi connectivity index (χ4v) is 2.89. The van der Waals surface area contributed by atoms with Crippen LogP contribution in [0.2, 0.25) is 0 Å². The minimum absolute atomic E-state index is 0.0443. The molecule has 1 rings (SSSR count). The van der Waals surface area contributed by atoms with Gasteiger partial charge in [0.2, 0.25) is 0 Å². The van der Waals surface area contributed by atoms with Crippen LogP contribution in [0.5, 0.6) is 0 Å². The van der Waals surface area contributed by atoms with E-state index >= 15 is 0 Å². The van der Waals surface area contributed by atoms with Crippen molar-refractivity contribution in [2.75, 3.05) is 6.54 Å². The summed E-state index contributed by atoms with van der Waals surface area (Å²) in [5, 5.41) is 0. The standard InChI is InChI=1S/C8H19N3O2S/c1-2-10-14(12,13)11-8-6-4-3-5-7(8)9/h7-8,10-11H,2-6,9H2,1H3/t7-,8-/m1/s1. The second-order valence-corrected chi connectivity index (χ2v) is 5.21. The third kappa shape index (κ3) is 3.53. The SMILES string of the molecule is CCNS(=O)(=O)N[C@@H]1CCCC[C@H]1N. The van der Waals surface area contributed by atoms with Crippen molar-refractivity contribution in [3.8, 4) is 0 Å². The van der Waals surface area contributed by atoms with Gasteiger partial charge < -0.3 is 5.73 Å². The van der Waals surface area contributed by atoms with Crippen LogP contribution >= 0.6 is 0 Å². The summed E-state index contributed by atoms with van der Waals surface area (Å²) < 4.78 is 27.7. The zero-order valence-corrected chi connectivity index (χ0v) is 9.31. The van der Waals surface area contributed by atoms with E-state index in [-0.39, 0.29) is 12.1 Å².